The van der Waals surface area contributed by atoms with Crippen LogP contribution in [0.25, 0.3) is 5.69 Å². The van der Waals surface area contributed by atoms with E-state index in [1.807, 2.05) is 47.8 Å². The molecule has 0 radical (unpaired) electrons. The zero-order valence-electron chi connectivity index (χ0n) is 14.9. The van der Waals surface area contributed by atoms with E-state index < -0.39 is 0 Å². The molecule has 138 valence electrons. The number of amides is 1. The third kappa shape index (κ3) is 4.74. The maximum absolute atomic E-state index is 11.9. The highest BCUT2D eigenvalue weighted by Crippen LogP contribution is 2.21. The molecule has 27 heavy (non-hydrogen) atoms. The Morgan fingerprint density at radius 2 is 2.04 bits per heavy atom. The van der Waals surface area contributed by atoms with Gasteiger partial charge in [0, 0.05) is 17.8 Å². The Bertz CT molecular complexity index is 925. The lowest BCUT2D eigenvalue weighted by Crippen LogP contribution is -2.25. The third-order valence-corrected chi connectivity index (χ3v) is 5.13. The molecule has 2 aromatic heterocycles. The van der Waals surface area contributed by atoms with Crippen molar-refractivity contribution in [3.63, 3.8) is 0 Å². The summed E-state index contributed by atoms with van der Waals surface area (Å²) in [4.78, 5) is 13.1. The highest BCUT2D eigenvalue weighted by Gasteiger charge is 2.16. The van der Waals surface area contributed by atoms with Crippen LogP contribution in [-0.4, -0.2) is 22.2 Å². The lowest BCUT2D eigenvalue weighted by Gasteiger charge is -2.04. The van der Waals surface area contributed by atoms with E-state index in [1.165, 1.54) is 4.88 Å². The molecular weight excluding hydrogens is 358 g/mol. The van der Waals surface area contributed by atoms with E-state index in [9.17, 15) is 10.1 Å². The number of nitriles is 1. The highest BCUT2D eigenvalue weighted by atomic mass is 32.1. The minimum absolute atomic E-state index is 0.0400. The van der Waals surface area contributed by atoms with Crippen LogP contribution >= 0.6 is 11.3 Å². The first kappa shape index (κ1) is 18.7. The summed E-state index contributed by atoms with van der Waals surface area (Å²) in [6.45, 7) is 0.548. The number of anilines is 1. The second-order valence-corrected chi connectivity index (χ2v) is 7.13. The van der Waals surface area contributed by atoms with E-state index in [-0.39, 0.29) is 5.91 Å². The Labute approximate surface area is 162 Å². The van der Waals surface area contributed by atoms with Crippen molar-refractivity contribution in [1.82, 2.24) is 15.1 Å². The fourth-order valence-corrected chi connectivity index (χ4v) is 3.51. The van der Waals surface area contributed by atoms with Crippen molar-refractivity contribution in [2.24, 2.45) is 0 Å². The number of rotatable bonds is 8. The molecule has 3 rings (SSSR count). The minimum atomic E-state index is 0.0400. The second-order valence-electron chi connectivity index (χ2n) is 6.10. The van der Waals surface area contributed by atoms with Crippen molar-refractivity contribution < 1.29 is 4.79 Å². The predicted molar refractivity (Wildman–Crippen MR) is 107 cm³/mol. The van der Waals surface area contributed by atoms with Gasteiger partial charge >= 0.3 is 0 Å². The molecule has 0 unspecified atom stereocenters. The Hall–Kier alpha value is -3.11. The van der Waals surface area contributed by atoms with E-state index in [0.29, 0.717) is 42.9 Å². The number of para-hydroxylation sites is 1. The summed E-state index contributed by atoms with van der Waals surface area (Å²) in [7, 11) is 0. The fourth-order valence-electron chi connectivity index (χ4n) is 2.80. The summed E-state index contributed by atoms with van der Waals surface area (Å²) in [6.07, 6.45) is 2.53. The smallest absolute Gasteiger partial charge is 0.220 e. The number of carbonyl (C=O) groups is 1. The quantitative estimate of drug-likeness (QED) is 0.588. The minimum Gasteiger partial charge on any atom is -0.382 e. The van der Waals surface area contributed by atoms with Crippen molar-refractivity contribution in [1.29, 1.82) is 5.26 Å². The van der Waals surface area contributed by atoms with Gasteiger partial charge in [0.25, 0.3) is 0 Å². The van der Waals surface area contributed by atoms with Crippen molar-refractivity contribution in [2.45, 2.75) is 25.7 Å². The number of carbonyl (C=O) groups excluding carboxylic acids is 1. The van der Waals surface area contributed by atoms with E-state index in [1.54, 1.807) is 16.0 Å². The largest absolute Gasteiger partial charge is 0.382 e. The number of hydrogen-bond acceptors (Lipinski definition) is 5. The Balaban J connectivity index is 1.52. The molecule has 1 amide bonds. The third-order valence-electron chi connectivity index (χ3n) is 4.20. The number of thiophene rings is 1. The topological polar surface area (TPSA) is 96.7 Å². The van der Waals surface area contributed by atoms with Gasteiger partial charge in [-0.2, -0.15) is 10.4 Å². The molecule has 0 atom stereocenters. The van der Waals surface area contributed by atoms with Crippen molar-refractivity contribution >= 4 is 23.1 Å². The van der Waals surface area contributed by atoms with Gasteiger partial charge in [0.2, 0.25) is 5.91 Å². The van der Waals surface area contributed by atoms with Crippen LogP contribution in [0.2, 0.25) is 0 Å². The van der Waals surface area contributed by atoms with E-state index in [2.05, 4.69) is 16.5 Å². The molecule has 0 aliphatic carbocycles. The number of aryl methyl sites for hydroxylation is 2. The van der Waals surface area contributed by atoms with Crippen LogP contribution < -0.4 is 11.1 Å². The molecule has 0 fully saturated rings. The summed E-state index contributed by atoms with van der Waals surface area (Å²) in [6, 6.07) is 15.7. The van der Waals surface area contributed by atoms with Crippen LogP contribution in [0.3, 0.4) is 0 Å². The lowest BCUT2D eigenvalue weighted by atomic mass is 10.1. The SMILES string of the molecule is N#Cc1c(CCCNC(=O)CCc2cccs2)nn(-c2ccccc2)c1N. The number of nitrogens with one attached hydrogen (secondary N) is 1. The Morgan fingerprint density at radius 1 is 1.22 bits per heavy atom. The first-order valence-electron chi connectivity index (χ1n) is 8.81. The molecule has 0 saturated carbocycles. The summed E-state index contributed by atoms with van der Waals surface area (Å²) in [5, 5.41) is 18.8. The summed E-state index contributed by atoms with van der Waals surface area (Å²) in [5.41, 5.74) is 7.98. The van der Waals surface area contributed by atoms with E-state index >= 15 is 0 Å². The molecule has 3 N–H and O–H groups in total. The van der Waals surface area contributed by atoms with Gasteiger partial charge in [0.05, 0.1) is 11.4 Å². The molecule has 2 heterocycles. The number of aromatic nitrogens is 2. The first-order valence-corrected chi connectivity index (χ1v) is 9.69. The molecule has 0 aliphatic heterocycles. The van der Waals surface area contributed by atoms with Crippen molar-refractivity contribution in [3.8, 4) is 11.8 Å². The lowest BCUT2D eigenvalue weighted by molar-refractivity contribution is -0.121. The number of hydrogen-bond donors (Lipinski definition) is 2. The monoisotopic (exact) mass is 379 g/mol. The van der Waals surface area contributed by atoms with Gasteiger partial charge < -0.3 is 11.1 Å². The number of nitrogens with zero attached hydrogens (tertiary/aromatic N) is 3. The molecule has 3 aromatic rings. The molecule has 6 nitrogen and oxygen atoms in total. The average molecular weight is 379 g/mol. The predicted octanol–water partition coefficient (Wildman–Crippen LogP) is 3.07. The summed E-state index contributed by atoms with van der Waals surface area (Å²) in [5.74, 6) is 0.386. The van der Waals surface area contributed by atoms with Gasteiger partial charge in [-0.05, 0) is 42.8 Å². The number of nitrogens with two attached hydrogens (primary N) is 1. The van der Waals surface area contributed by atoms with Gasteiger partial charge in [-0.15, -0.1) is 11.3 Å². The average Bonchev–Trinajstić information content (AvgIpc) is 3.32. The Morgan fingerprint density at radius 3 is 2.74 bits per heavy atom. The fraction of sp³-hybridized carbons (Fsp3) is 0.250. The van der Waals surface area contributed by atoms with Gasteiger partial charge in [-0.25, -0.2) is 4.68 Å². The molecule has 0 saturated heterocycles. The van der Waals surface area contributed by atoms with Crippen LogP contribution in [0.5, 0.6) is 0 Å². The van der Waals surface area contributed by atoms with Crippen LogP contribution in [0.15, 0.2) is 47.8 Å². The summed E-state index contributed by atoms with van der Waals surface area (Å²) < 4.78 is 1.59. The number of nitrogen functional groups attached to an aromatic ring is 1. The van der Waals surface area contributed by atoms with Crippen LogP contribution in [-0.2, 0) is 17.6 Å². The molecular formula is C20H21N5OS. The molecule has 0 spiro atoms. The second kappa shape index (κ2) is 9.01. The molecule has 0 bridgehead atoms. The maximum atomic E-state index is 11.9. The van der Waals surface area contributed by atoms with Gasteiger partial charge in [-0.3, -0.25) is 4.79 Å². The van der Waals surface area contributed by atoms with E-state index in [0.717, 1.165) is 12.1 Å². The van der Waals surface area contributed by atoms with Crippen LogP contribution in [0.4, 0.5) is 5.82 Å². The zero-order valence-corrected chi connectivity index (χ0v) is 15.7. The Kier molecular flexibility index (Phi) is 6.23. The first-order chi connectivity index (χ1) is 13.2. The van der Waals surface area contributed by atoms with Crippen molar-refractivity contribution in [2.75, 3.05) is 12.3 Å². The number of benzene rings is 1. The van der Waals surface area contributed by atoms with Gasteiger partial charge in [0.15, 0.2) is 0 Å². The van der Waals surface area contributed by atoms with Crippen LogP contribution in [0.1, 0.15) is 29.0 Å². The van der Waals surface area contributed by atoms with Crippen molar-refractivity contribution in [3.05, 3.63) is 64.0 Å². The standard InChI is InChI=1S/C20H21N5OS/c21-14-17-18(24-25(20(17)22)15-6-2-1-3-7-15)9-4-12-23-19(26)11-10-16-8-5-13-27-16/h1-3,5-8,13H,4,9-12,22H2,(H,23,26). The normalized spacial score (nSPS) is 10.5. The highest BCUT2D eigenvalue weighted by molar-refractivity contribution is 7.09. The summed E-state index contributed by atoms with van der Waals surface area (Å²) >= 11 is 1.66. The maximum Gasteiger partial charge on any atom is 0.220 e. The van der Waals surface area contributed by atoms with Gasteiger partial charge in [0.1, 0.15) is 17.5 Å². The van der Waals surface area contributed by atoms with Gasteiger partial charge in [-0.1, -0.05) is 24.3 Å². The molecule has 7 heteroatoms. The van der Waals surface area contributed by atoms with Crippen LogP contribution in [0, 0.1) is 11.3 Å². The molecule has 0 aliphatic rings. The van der Waals surface area contributed by atoms with E-state index in [4.69, 9.17) is 5.73 Å². The zero-order chi connectivity index (χ0) is 19.1. The molecule has 1 aromatic carbocycles.